The maximum atomic E-state index is 13.6. The monoisotopic (exact) mass is 266 g/mol. The van der Waals surface area contributed by atoms with Crippen molar-refractivity contribution in [2.75, 3.05) is 5.73 Å². The van der Waals surface area contributed by atoms with Gasteiger partial charge in [-0.15, -0.1) is 0 Å². The van der Waals surface area contributed by atoms with Crippen LogP contribution in [-0.4, -0.2) is 4.92 Å². The zero-order valence-corrected chi connectivity index (χ0v) is 9.47. The molecule has 2 aromatic carbocycles. The molecule has 98 valence electrons. The third-order valence-corrected chi connectivity index (χ3v) is 2.27. The zero-order chi connectivity index (χ0) is 14.0. The topological polar surface area (TPSA) is 78.4 Å². The molecule has 0 radical (unpaired) electrons. The van der Waals surface area contributed by atoms with Gasteiger partial charge in [0.05, 0.1) is 17.1 Å². The van der Waals surface area contributed by atoms with Crippen molar-refractivity contribution in [3.05, 3.63) is 58.1 Å². The summed E-state index contributed by atoms with van der Waals surface area (Å²) >= 11 is 0. The molecule has 0 aliphatic heterocycles. The van der Waals surface area contributed by atoms with Crippen LogP contribution in [0.4, 0.5) is 20.2 Å². The van der Waals surface area contributed by atoms with E-state index >= 15 is 0 Å². The summed E-state index contributed by atoms with van der Waals surface area (Å²) in [6, 6.07) is 7.13. The number of halogens is 2. The number of hydrogen-bond acceptors (Lipinski definition) is 4. The first-order valence-corrected chi connectivity index (χ1v) is 5.14. The van der Waals surface area contributed by atoms with Gasteiger partial charge in [-0.05, 0) is 12.1 Å². The molecule has 7 heteroatoms. The van der Waals surface area contributed by atoms with Crippen LogP contribution in [-0.2, 0) is 0 Å². The van der Waals surface area contributed by atoms with Crippen molar-refractivity contribution in [2.45, 2.75) is 0 Å². The van der Waals surface area contributed by atoms with E-state index in [1.807, 2.05) is 0 Å². The van der Waals surface area contributed by atoms with Crippen LogP contribution in [0, 0.1) is 21.7 Å². The third kappa shape index (κ3) is 2.76. The van der Waals surface area contributed by atoms with E-state index in [0.29, 0.717) is 17.8 Å². The minimum atomic E-state index is -1.16. The van der Waals surface area contributed by atoms with Gasteiger partial charge in [0.2, 0.25) is 0 Å². The summed E-state index contributed by atoms with van der Waals surface area (Å²) in [7, 11) is 0. The zero-order valence-electron chi connectivity index (χ0n) is 9.47. The average Bonchev–Trinajstić information content (AvgIpc) is 2.33. The van der Waals surface area contributed by atoms with Crippen molar-refractivity contribution >= 4 is 11.4 Å². The van der Waals surface area contributed by atoms with Gasteiger partial charge in [-0.3, -0.25) is 10.1 Å². The summed E-state index contributed by atoms with van der Waals surface area (Å²) in [5.74, 6) is -2.90. The molecular weight excluding hydrogens is 258 g/mol. The van der Waals surface area contributed by atoms with Crippen LogP contribution in [0.5, 0.6) is 11.5 Å². The molecule has 0 aliphatic rings. The molecule has 0 bridgehead atoms. The number of hydrogen-bond donors (Lipinski definition) is 1. The Morgan fingerprint density at radius 1 is 1.16 bits per heavy atom. The molecule has 19 heavy (non-hydrogen) atoms. The van der Waals surface area contributed by atoms with E-state index in [1.165, 1.54) is 12.1 Å². The maximum absolute atomic E-state index is 13.6. The number of nitrogen functional groups attached to an aromatic ring is 1. The van der Waals surface area contributed by atoms with Crippen molar-refractivity contribution in [3.63, 3.8) is 0 Å². The van der Waals surface area contributed by atoms with Crippen molar-refractivity contribution < 1.29 is 18.4 Å². The number of non-ortho nitro benzene ring substituents is 1. The second-order valence-corrected chi connectivity index (χ2v) is 3.67. The van der Waals surface area contributed by atoms with E-state index in [9.17, 15) is 18.9 Å². The lowest BCUT2D eigenvalue weighted by Crippen LogP contribution is -1.96. The molecule has 2 rings (SSSR count). The Labute approximate surface area is 106 Å². The second kappa shape index (κ2) is 4.89. The Kier molecular flexibility index (Phi) is 3.28. The molecule has 0 fully saturated rings. The highest BCUT2D eigenvalue weighted by Crippen LogP contribution is 2.31. The Balaban J connectivity index is 2.38. The van der Waals surface area contributed by atoms with E-state index in [0.717, 1.165) is 0 Å². The highest BCUT2D eigenvalue weighted by molar-refractivity contribution is 5.46. The average molecular weight is 266 g/mol. The number of nitrogens with zero attached hydrogens (tertiary/aromatic N) is 1. The van der Waals surface area contributed by atoms with Crippen molar-refractivity contribution in [1.82, 2.24) is 0 Å². The van der Waals surface area contributed by atoms with Crippen molar-refractivity contribution in [1.29, 1.82) is 0 Å². The van der Waals surface area contributed by atoms with E-state index in [4.69, 9.17) is 10.5 Å². The Morgan fingerprint density at radius 2 is 1.79 bits per heavy atom. The van der Waals surface area contributed by atoms with Gasteiger partial charge in [0.15, 0.2) is 17.4 Å². The summed E-state index contributed by atoms with van der Waals surface area (Å²) in [5, 5.41) is 10.4. The lowest BCUT2D eigenvalue weighted by Gasteiger charge is -2.08. The van der Waals surface area contributed by atoms with Gasteiger partial charge >= 0.3 is 0 Å². The highest BCUT2D eigenvalue weighted by atomic mass is 19.1. The van der Waals surface area contributed by atoms with Crippen LogP contribution in [0.15, 0.2) is 36.4 Å². The SMILES string of the molecule is Nc1cccc(Oc2c(F)cc([N+](=O)[O-])cc2F)c1. The van der Waals surface area contributed by atoms with Crippen molar-refractivity contribution in [3.8, 4) is 11.5 Å². The number of ether oxygens (including phenoxy) is 1. The predicted octanol–water partition coefficient (Wildman–Crippen LogP) is 3.25. The minimum Gasteiger partial charge on any atom is -0.451 e. The van der Waals surface area contributed by atoms with Gasteiger partial charge in [0.1, 0.15) is 5.75 Å². The fourth-order valence-corrected chi connectivity index (χ4v) is 1.45. The number of nitro benzene ring substituents is 1. The highest BCUT2D eigenvalue weighted by Gasteiger charge is 2.18. The molecule has 2 N–H and O–H groups in total. The molecule has 0 spiro atoms. The quantitative estimate of drug-likeness (QED) is 0.525. The Morgan fingerprint density at radius 3 is 2.32 bits per heavy atom. The van der Waals surface area contributed by atoms with Crippen LogP contribution in [0.2, 0.25) is 0 Å². The van der Waals surface area contributed by atoms with Crippen LogP contribution in [0.1, 0.15) is 0 Å². The summed E-state index contributed by atoms with van der Waals surface area (Å²) in [6.45, 7) is 0. The van der Waals surface area contributed by atoms with E-state index in [-0.39, 0.29) is 5.75 Å². The summed E-state index contributed by atoms with van der Waals surface area (Å²) in [6.07, 6.45) is 0. The standard InChI is InChI=1S/C12H8F2N2O3/c13-10-5-8(16(17)18)6-11(14)12(10)19-9-3-1-2-7(15)4-9/h1-6H,15H2. The van der Waals surface area contributed by atoms with Crippen molar-refractivity contribution in [2.24, 2.45) is 0 Å². The first-order valence-electron chi connectivity index (χ1n) is 5.14. The number of anilines is 1. The first kappa shape index (κ1) is 12.7. The molecule has 5 nitrogen and oxygen atoms in total. The molecule has 0 unspecified atom stereocenters. The van der Waals surface area contributed by atoms with E-state index in [1.54, 1.807) is 12.1 Å². The molecule has 0 aliphatic carbocycles. The van der Waals surface area contributed by atoms with Crippen LogP contribution < -0.4 is 10.5 Å². The number of benzene rings is 2. The number of nitrogens with two attached hydrogens (primary N) is 1. The molecular formula is C12H8F2N2O3. The Bertz CT molecular complexity index is 624. The molecule has 2 aromatic rings. The molecule has 0 saturated heterocycles. The van der Waals surface area contributed by atoms with Gasteiger partial charge in [0, 0.05) is 11.8 Å². The molecule has 0 saturated carbocycles. The number of rotatable bonds is 3. The van der Waals surface area contributed by atoms with Gasteiger partial charge in [-0.2, -0.15) is 0 Å². The van der Waals surface area contributed by atoms with Gasteiger partial charge < -0.3 is 10.5 Å². The first-order chi connectivity index (χ1) is 8.97. The molecule has 0 atom stereocenters. The Hall–Kier alpha value is -2.70. The molecule has 0 aromatic heterocycles. The lowest BCUT2D eigenvalue weighted by atomic mass is 10.2. The van der Waals surface area contributed by atoms with Gasteiger partial charge in [0.25, 0.3) is 5.69 Å². The smallest absolute Gasteiger partial charge is 0.275 e. The fraction of sp³-hybridized carbons (Fsp3) is 0. The van der Waals surface area contributed by atoms with Crippen LogP contribution in [0.3, 0.4) is 0 Å². The van der Waals surface area contributed by atoms with Crippen LogP contribution in [0.25, 0.3) is 0 Å². The molecule has 0 heterocycles. The van der Waals surface area contributed by atoms with Crippen LogP contribution >= 0.6 is 0 Å². The molecule has 0 amide bonds. The lowest BCUT2D eigenvalue weighted by molar-refractivity contribution is -0.385. The second-order valence-electron chi connectivity index (χ2n) is 3.67. The van der Waals surface area contributed by atoms with E-state index in [2.05, 4.69) is 0 Å². The van der Waals surface area contributed by atoms with Gasteiger partial charge in [-0.1, -0.05) is 6.07 Å². The normalized spacial score (nSPS) is 10.2. The van der Waals surface area contributed by atoms with Gasteiger partial charge in [-0.25, -0.2) is 8.78 Å². The third-order valence-electron chi connectivity index (χ3n) is 2.27. The summed E-state index contributed by atoms with van der Waals surface area (Å²) in [4.78, 5) is 9.54. The minimum absolute atomic E-state index is 0.131. The van der Waals surface area contributed by atoms with E-state index < -0.39 is 28.0 Å². The predicted molar refractivity (Wildman–Crippen MR) is 63.9 cm³/mol. The summed E-state index contributed by atoms with van der Waals surface area (Å²) < 4.78 is 32.1. The fourth-order valence-electron chi connectivity index (χ4n) is 1.45. The maximum Gasteiger partial charge on any atom is 0.275 e. The largest absolute Gasteiger partial charge is 0.451 e. The number of nitro groups is 1. The summed E-state index contributed by atoms with van der Waals surface area (Å²) in [5.41, 5.74) is 5.17.